The lowest BCUT2D eigenvalue weighted by Gasteiger charge is -2.26. The standard InChI is InChI=1S/C13H18BrN3O2/c1-2-16(12-5-6-15-8-12)9-10-3-4-11(14)7-13(10)17(18)19/h3-4,7,12,15H,2,5-6,8-9H2,1H3. The fourth-order valence-corrected chi connectivity index (χ4v) is 2.86. The van der Waals surface area contributed by atoms with E-state index in [1.807, 2.05) is 12.1 Å². The van der Waals surface area contributed by atoms with E-state index in [-0.39, 0.29) is 10.6 Å². The normalized spacial score (nSPS) is 19.0. The Hall–Kier alpha value is -0.980. The first kappa shape index (κ1) is 14.4. The molecule has 1 N–H and O–H groups in total. The summed E-state index contributed by atoms with van der Waals surface area (Å²) < 4.78 is 0.744. The average Bonchev–Trinajstić information content (AvgIpc) is 2.90. The summed E-state index contributed by atoms with van der Waals surface area (Å²) in [6, 6.07) is 5.76. The summed E-state index contributed by atoms with van der Waals surface area (Å²) in [5.41, 5.74) is 0.973. The van der Waals surface area contributed by atoms with Crippen LogP contribution in [0.5, 0.6) is 0 Å². The first-order valence-electron chi connectivity index (χ1n) is 6.49. The number of nitrogens with one attached hydrogen (secondary N) is 1. The highest BCUT2D eigenvalue weighted by atomic mass is 79.9. The predicted octanol–water partition coefficient (Wildman–Crippen LogP) is 2.54. The van der Waals surface area contributed by atoms with Gasteiger partial charge in [0.25, 0.3) is 5.69 Å². The molecule has 104 valence electrons. The van der Waals surface area contributed by atoms with Crippen LogP contribution in [0.1, 0.15) is 18.9 Å². The molecule has 1 aromatic rings. The van der Waals surface area contributed by atoms with E-state index in [0.717, 1.165) is 36.1 Å². The average molecular weight is 328 g/mol. The molecule has 0 saturated carbocycles. The Kier molecular flexibility index (Phi) is 4.90. The summed E-state index contributed by atoms with van der Waals surface area (Å²) in [4.78, 5) is 13.1. The lowest BCUT2D eigenvalue weighted by atomic mass is 10.1. The van der Waals surface area contributed by atoms with Crippen molar-refractivity contribution >= 4 is 21.6 Å². The van der Waals surface area contributed by atoms with Gasteiger partial charge in [-0.3, -0.25) is 15.0 Å². The Morgan fingerprint density at radius 3 is 2.95 bits per heavy atom. The van der Waals surface area contributed by atoms with Gasteiger partial charge in [-0.15, -0.1) is 0 Å². The van der Waals surface area contributed by atoms with E-state index in [0.29, 0.717) is 12.6 Å². The number of nitro groups is 1. The predicted molar refractivity (Wildman–Crippen MR) is 78.2 cm³/mol. The Labute approximate surface area is 121 Å². The van der Waals surface area contributed by atoms with Crippen LogP contribution in [0.2, 0.25) is 0 Å². The topological polar surface area (TPSA) is 58.4 Å². The van der Waals surface area contributed by atoms with E-state index < -0.39 is 0 Å². The van der Waals surface area contributed by atoms with Crippen molar-refractivity contribution < 1.29 is 4.92 Å². The van der Waals surface area contributed by atoms with Crippen LogP contribution < -0.4 is 5.32 Å². The van der Waals surface area contributed by atoms with E-state index in [9.17, 15) is 10.1 Å². The van der Waals surface area contributed by atoms with Crippen LogP contribution in [0.25, 0.3) is 0 Å². The molecular formula is C13H18BrN3O2. The molecule has 0 spiro atoms. The maximum absolute atomic E-state index is 11.1. The lowest BCUT2D eigenvalue weighted by molar-refractivity contribution is -0.385. The number of benzene rings is 1. The third-order valence-electron chi connectivity index (χ3n) is 3.57. The maximum Gasteiger partial charge on any atom is 0.275 e. The van der Waals surface area contributed by atoms with Crippen LogP contribution in [-0.4, -0.2) is 35.5 Å². The van der Waals surface area contributed by atoms with Crippen molar-refractivity contribution in [2.45, 2.75) is 25.9 Å². The minimum Gasteiger partial charge on any atom is -0.315 e. The van der Waals surface area contributed by atoms with E-state index in [2.05, 4.69) is 33.1 Å². The molecule has 0 aromatic heterocycles. The molecule has 1 aliphatic rings. The molecule has 0 aliphatic carbocycles. The molecule has 0 bridgehead atoms. The van der Waals surface area contributed by atoms with Crippen molar-refractivity contribution in [1.82, 2.24) is 10.2 Å². The zero-order valence-electron chi connectivity index (χ0n) is 10.9. The Bertz CT molecular complexity index is 461. The zero-order valence-corrected chi connectivity index (χ0v) is 12.5. The van der Waals surface area contributed by atoms with E-state index in [4.69, 9.17) is 0 Å². The van der Waals surface area contributed by atoms with Crippen LogP contribution in [0.4, 0.5) is 5.69 Å². The summed E-state index contributed by atoms with van der Waals surface area (Å²) in [6.45, 7) is 5.64. The minimum atomic E-state index is -0.305. The zero-order chi connectivity index (χ0) is 13.8. The quantitative estimate of drug-likeness (QED) is 0.667. The minimum absolute atomic E-state index is 0.193. The molecule has 5 nitrogen and oxygen atoms in total. The molecule has 19 heavy (non-hydrogen) atoms. The number of hydrogen-bond acceptors (Lipinski definition) is 4. The second-order valence-electron chi connectivity index (χ2n) is 4.74. The number of hydrogen-bond donors (Lipinski definition) is 1. The fourth-order valence-electron chi connectivity index (χ4n) is 2.51. The van der Waals surface area contributed by atoms with Gasteiger partial charge in [-0.1, -0.05) is 22.9 Å². The maximum atomic E-state index is 11.1. The molecular weight excluding hydrogens is 310 g/mol. The lowest BCUT2D eigenvalue weighted by Crippen LogP contribution is -2.36. The van der Waals surface area contributed by atoms with Crippen molar-refractivity contribution in [3.63, 3.8) is 0 Å². The highest BCUT2D eigenvalue weighted by Gasteiger charge is 2.23. The molecule has 1 unspecified atom stereocenters. The van der Waals surface area contributed by atoms with Gasteiger partial charge in [0, 0.05) is 35.2 Å². The van der Waals surface area contributed by atoms with Crippen LogP contribution >= 0.6 is 15.9 Å². The molecule has 0 radical (unpaired) electrons. The van der Waals surface area contributed by atoms with Gasteiger partial charge >= 0.3 is 0 Å². The number of halogens is 1. The van der Waals surface area contributed by atoms with Crippen LogP contribution in [0.3, 0.4) is 0 Å². The van der Waals surface area contributed by atoms with Gasteiger partial charge in [0.15, 0.2) is 0 Å². The van der Waals surface area contributed by atoms with Crippen molar-refractivity contribution in [2.75, 3.05) is 19.6 Å². The molecule has 6 heteroatoms. The fraction of sp³-hybridized carbons (Fsp3) is 0.538. The first-order chi connectivity index (χ1) is 9.11. The molecule has 1 atom stereocenters. The highest BCUT2D eigenvalue weighted by Crippen LogP contribution is 2.25. The van der Waals surface area contributed by atoms with Gasteiger partial charge in [-0.05, 0) is 31.6 Å². The monoisotopic (exact) mass is 327 g/mol. The summed E-state index contributed by atoms with van der Waals surface area (Å²) in [5, 5.41) is 14.5. The summed E-state index contributed by atoms with van der Waals surface area (Å²) in [6.07, 6.45) is 1.11. The highest BCUT2D eigenvalue weighted by molar-refractivity contribution is 9.10. The van der Waals surface area contributed by atoms with Crippen LogP contribution in [0, 0.1) is 10.1 Å². The number of likely N-dealkylation sites (N-methyl/N-ethyl adjacent to an activating group) is 1. The Balaban J connectivity index is 2.18. The molecule has 1 heterocycles. The molecule has 1 saturated heterocycles. The Morgan fingerprint density at radius 2 is 2.37 bits per heavy atom. The van der Waals surface area contributed by atoms with Crippen molar-refractivity contribution in [2.24, 2.45) is 0 Å². The summed E-state index contributed by atoms with van der Waals surface area (Å²) in [5.74, 6) is 0. The Morgan fingerprint density at radius 1 is 1.58 bits per heavy atom. The van der Waals surface area contributed by atoms with Crippen LogP contribution in [0.15, 0.2) is 22.7 Å². The van der Waals surface area contributed by atoms with E-state index in [1.54, 1.807) is 6.07 Å². The smallest absolute Gasteiger partial charge is 0.275 e. The first-order valence-corrected chi connectivity index (χ1v) is 7.28. The number of rotatable bonds is 5. The van der Waals surface area contributed by atoms with Gasteiger partial charge in [-0.25, -0.2) is 0 Å². The van der Waals surface area contributed by atoms with Crippen molar-refractivity contribution in [1.29, 1.82) is 0 Å². The third-order valence-corrected chi connectivity index (χ3v) is 4.07. The third kappa shape index (κ3) is 3.52. The van der Waals surface area contributed by atoms with Crippen molar-refractivity contribution in [3.05, 3.63) is 38.3 Å². The molecule has 1 aliphatic heterocycles. The van der Waals surface area contributed by atoms with Gasteiger partial charge in [0.1, 0.15) is 0 Å². The summed E-state index contributed by atoms with van der Waals surface area (Å²) >= 11 is 3.29. The molecule has 1 aromatic carbocycles. The second-order valence-corrected chi connectivity index (χ2v) is 5.66. The number of nitro benzene ring substituents is 1. The van der Waals surface area contributed by atoms with Gasteiger partial charge in [0.05, 0.1) is 4.92 Å². The largest absolute Gasteiger partial charge is 0.315 e. The number of nitrogens with zero attached hydrogens (tertiary/aromatic N) is 2. The molecule has 0 amide bonds. The van der Waals surface area contributed by atoms with Gasteiger partial charge < -0.3 is 5.32 Å². The van der Waals surface area contributed by atoms with Gasteiger partial charge in [-0.2, -0.15) is 0 Å². The van der Waals surface area contributed by atoms with Crippen molar-refractivity contribution in [3.8, 4) is 0 Å². The molecule has 1 fully saturated rings. The SMILES string of the molecule is CCN(Cc1ccc(Br)cc1[N+](=O)[O-])C1CCNC1. The van der Waals surface area contributed by atoms with Crippen LogP contribution in [-0.2, 0) is 6.54 Å². The van der Waals surface area contributed by atoms with E-state index >= 15 is 0 Å². The van der Waals surface area contributed by atoms with Gasteiger partial charge in [0.2, 0.25) is 0 Å². The second kappa shape index (κ2) is 6.45. The molecule has 2 rings (SSSR count). The summed E-state index contributed by atoms with van der Waals surface area (Å²) in [7, 11) is 0. The van der Waals surface area contributed by atoms with E-state index in [1.165, 1.54) is 0 Å².